The van der Waals surface area contributed by atoms with Crippen molar-refractivity contribution in [3.05, 3.63) is 47.6 Å². The van der Waals surface area contributed by atoms with Crippen LogP contribution in [0.3, 0.4) is 0 Å². The minimum Gasteiger partial charge on any atom is -0.508 e. The monoisotopic (exact) mass is 618 g/mol. The predicted molar refractivity (Wildman–Crippen MR) is 175 cm³/mol. The number of esters is 1. The van der Waals surface area contributed by atoms with Crippen LogP contribution in [0.5, 0.6) is 5.75 Å². The molecule has 0 aromatic heterocycles. The summed E-state index contributed by atoms with van der Waals surface area (Å²) in [6, 6.07) is 6.75. The van der Waals surface area contributed by atoms with Gasteiger partial charge in [-0.15, -0.1) is 0 Å². The number of phenols is 1. The maximum Gasteiger partial charge on any atom is 0.331 e. The lowest BCUT2D eigenvalue weighted by atomic mass is 9.33. The van der Waals surface area contributed by atoms with Crippen LogP contribution in [0, 0.1) is 56.7 Å². The van der Waals surface area contributed by atoms with Gasteiger partial charge in [-0.05, 0) is 127 Å². The summed E-state index contributed by atoms with van der Waals surface area (Å²) in [6.07, 6.45) is 13.6. The lowest BCUT2D eigenvalue weighted by molar-refractivity contribution is -0.213. The average molecular weight is 619 g/mol. The number of carbonyl (C=O) groups excluding carboxylic acids is 1. The molecule has 4 saturated carbocycles. The van der Waals surface area contributed by atoms with Crippen molar-refractivity contribution >= 4 is 18.0 Å². The highest BCUT2D eigenvalue weighted by molar-refractivity contribution is 5.87. The highest BCUT2D eigenvalue weighted by Gasteiger charge is 2.69. The summed E-state index contributed by atoms with van der Waals surface area (Å²) in [5.74, 6) is 0.369. The van der Waals surface area contributed by atoms with Gasteiger partial charge in [-0.3, -0.25) is 4.79 Å². The number of fused-ring (bicyclic) bond motifs is 7. The van der Waals surface area contributed by atoms with Crippen LogP contribution in [0.2, 0.25) is 0 Å². The van der Waals surface area contributed by atoms with Crippen LogP contribution in [0.4, 0.5) is 0 Å². The molecule has 1 aromatic carbocycles. The van der Waals surface area contributed by atoms with Gasteiger partial charge in [0.1, 0.15) is 11.9 Å². The molecule has 45 heavy (non-hydrogen) atoms. The van der Waals surface area contributed by atoms with Gasteiger partial charge in [-0.25, -0.2) is 4.79 Å². The molecule has 0 heterocycles. The summed E-state index contributed by atoms with van der Waals surface area (Å²) in [6.45, 7) is 14.4. The standard InChI is InChI=1S/C39H54O6/c1-24-26(23-40)15-20-39(34(43)44)22-21-37(5)28(33(24)39)12-13-30-36(4)18-17-31(35(2,3)29(36)16-19-38(30,37)6)45-32(42)14-9-25-7-10-27(41)11-8-25/h7-12,14,24,26,29-31,33,40-41H,13,15-23H2,1-6H3,(H,43,44)/b14-9+/t24-,26-,29-,30+,31-,33-,36-,37+,38+,39-/m0/s1. The first-order chi connectivity index (χ1) is 21.1. The van der Waals surface area contributed by atoms with Gasteiger partial charge in [0.05, 0.1) is 5.41 Å². The summed E-state index contributed by atoms with van der Waals surface area (Å²) < 4.78 is 6.18. The SMILES string of the molecule is C[C@H]1[C@H](CO)CC[C@]2(C(=O)O)CC[C@]3(C)C(=CC[C@@H]4[C@@]5(C)CC[C@H](OC(=O)/C=C/c6ccc(O)cc6)C(C)(C)[C@@H]5CC[C@]43C)[C@H]12. The van der Waals surface area contributed by atoms with E-state index in [1.165, 1.54) is 11.6 Å². The maximum absolute atomic E-state index is 13.0. The van der Waals surface area contributed by atoms with Gasteiger partial charge >= 0.3 is 11.9 Å². The second-order valence-electron chi connectivity index (χ2n) is 16.8. The van der Waals surface area contributed by atoms with Crippen LogP contribution < -0.4 is 0 Å². The number of aliphatic carboxylic acids is 1. The van der Waals surface area contributed by atoms with E-state index in [9.17, 15) is 24.9 Å². The first kappa shape index (κ1) is 32.3. The molecule has 5 aliphatic carbocycles. The van der Waals surface area contributed by atoms with Crippen molar-refractivity contribution in [2.24, 2.45) is 56.7 Å². The summed E-state index contributed by atoms with van der Waals surface area (Å²) in [5, 5.41) is 30.5. The van der Waals surface area contributed by atoms with Gasteiger partial charge in [0, 0.05) is 18.1 Å². The molecule has 0 spiro atoms. The van der Waals surface area contributed by atoms with Crippen molar-refractivity contribution in [3.63, 3.8) is 0 Å². The summed E-state index contributed by atoms with van der Waals surface area (Å²) in [7, 11) is 0. The summed E-state index contributed by atoms with van der Waals surface area (Å²) in [4.78, 5) is 26.0. The number of phenolic OH excluding ortho intramolecular Hbond substituents is 1. The third-order valence-corrected chi connectivity index (χ3v) is 14.9. The topological polar surface area (TPSA) is 104 Å². The fourth-order valence-electron chi connectivity index (χ4n) is 12.1. The normalized spacial score (nSPS) is 43.7. The number of aliphatic hydroxyl groups excluding tert-OH is 1. The second-order valence-corrected chi connectivity index (χ2v) is 16.8. The lowest BCUT2D eigenvalue weighted by Gasteiger charge is -2.71. The van der Waals surface area contributed by atoms with Gasteiger partial charge in [0.15, 0.2) is 0 Å². The van der Waals surface area contributed by atoms with Crippen molar-refractivity contribution in [1.29, 1.82) is 0 Å². The minimum atomic E-state index is -0.721. The van der Waals surface area contributed by atoms with E-state index in [0.717, 1.165) is 50.5 Å². The lowest BCUT2D eigenvalue weighted by Crippen LogP contribution is -2.65. The number of hydrogen-bond donors (Lipinski definition) is 3. The maximum atomic E-state index is 13.0. The van der Waals surface area contributed by atoms with E-state index in [4.69, 9.17) is 4.74 Å². The number of hydrogen-bond acceptors (Lipinski definition) is 5. The van der Waals surface area contributed by atoms with E-state index in [2.05, 4.69) is 47.6 Å². The van der Waals surface area contributed by atoms with Crippen LogP contribution in [-0.4, -0.2) is 40.0 Å². The molecule has 3 N–H and O–H groups in total. The second kappa shape index (κ2) is 11.0. The van der Waals surface area contributed by atoms with Gasteiger partial charge in [0.2, 0.25) is 0 Å². The molecular weight excluding hydrogens is 564 g/mol. The Morgan fingerprint density at radius 3 is 2.31 bits per heavy atom. The molecular formula is C39H54O6. The molecule has 6 nitrogen and oxygen atoms in total. The van der Waals surface area contributed by atoms with Gasteiger partial charge in [-0.2, -0.15) is 0 Å². The highest BCUT2D eigenvalue weighted by Crippen LogP contribution is 2.75. The van der Waals surface area contributed by atoms with Gasteiger partial charge < -0.3 is 20.1 Å². The van der Waals surface area contributed by atoms with Crippen molar-refractivity contribution in [1.82, 2.24) is 0 Å². The van der Waals surface area contributed by atoms with E-state index in [0.29, 0.717) is 24.7 Å². The zero-order valence-electron chi connectivity index (χ0n) is 28.1. The number of carboxylic acid groups (broad SMARTS) is 1. The average Bonchev–Trinajstić information content (AvgIpc) is 2.98. The van der Waals surface area contributed by atoms with Crippen LogP contribution in [0.15, 0.2) is 42.0 Å². The zero-order valence-corrected chi connectivity index (χ0v) is 28.1. The third kappa shape index (κ3) is 4.66. The Kier molecular flexibility index (Phi) is 7.90. The molecule has 0 amide bonds. The number of carboxylic acids is 1. The van der Waals surface area contributed by atoms with E-state index in [-0.39, 0.29) is 63.8 Å². The van der Waals surface area contributed by atoms with E-state index in [1.54, 1.807) is 30.3 Å². The Morgan fingerprint density at radius 2 is 1.64 bits per heavy atom. The summed E-state index contributed by atoms with van der Waals surface area (Å²) in [5.41, 5.74) is 1.36. The Hall–Kier alpha value is -2.60. The number of ether oxygens (including phenoxy) is 1. The number of allylic oxidation sites excluding steroid dienone is 2. The molecule has 10 atom stereocenters. The molecule has 6 rings (SSSR count). The van der Waals surface area contributed by atoms with Gasteiger partial charge in [0.25, 0.3) is 0 Å². The van der Waals surface area contributed by atoms with Crippen LogP contribution in [0.25, 0.3) is 6.08 Å². The molecule has 246 valence electrons. The Balaban J connectivity index is 1.27. The predicted octanol–water partition coefficient (Wildman–Crippen LogP) is 8.03. The molecule has 0 aliphatic heterocycles. The number of carbonyl (C=O) groups is 2. The number of aromatic hydroxyl groups is 1. The highest BCUT2D eigenvalue weighted by atomic mass is 16.5. The van der Waals surface area contributed by atoms with E-state index in [1.807, 2.05) is 0 Å². The molecule has 0 saturated heterocycles. The quantitative estimate of drug-likeness (QED) is 0.175. The number of benzene rings is 1. The number of aliphatic hydroxyl groups is 1. The Morgan fingerprint density at radius 1 is 0.933 bits per heavy atom. The molecule has 0 radical (unpaired) electrons. The van der Waals surface area contributed by atoms with Crippen LogP contribution in [-0.2, 0) is 14.3 Å². The third-order valence-electron chi connectivity index (χ3n) is 14.9. The van der Waals surface area contributed by atoms with Crippen molar-refractivity contribution in [2.45, 2.75) is 105 Å². The molecule has 6 heteroatoms. The van der Waals surface area contributed by atoms with E-state index < -0.39 is 11.4 Å². The van der Waals surface area contributed by atoms with Crippen molar-refractivity contribution in [2.75, 3.05) is 6.61 Å². The van der Waals surface area contributed by atoms with Crippen LogP contribution >= 0.6 is 0 Å². The van der Waals surface area contributed by atoms with E-state index >= 15 is 0 Å². The number of rotatable bonds is 5. The first-order valence-electron chi connectivity index (χ1n) is 17.4. The first-order valence-corrected chi connectivity index (χ1v) is 17.4. The summed E-state index contributed by atoms with van der Waals surface area (Å²) >= 11 is 0. The molecule has 4 fully saturated rings. The zero-order chi connectivity index (χ0) is 32.6. The molecule has 0 unspecified atom stereocenters. The van der Waals surface area contributed by atoms with Crippen molar-refractivity contribution in [3.8, 4) is 5.75 Å². The fourth-order valence-corrected chi connectivity index (χ4v) is 12.1. The molecule has 5 aliphatic rings. The van der Waals surface area contributed by atoms with Crippen molar-refractivity contribution < 1.29 is 29.6 Å². The fraction of sp³-hybridized carbons (Fsp3) is 0.692. The van der Waals surface area contributed by atoms with Gasteiger partial charge in [-0.1, -0.05) is 65.3 Å². The molecule has 1 aromatic rings. The Labute approximate surface area is 269 Å². The van der Waals surface area contributed by atoms with Crippen LogP contribution in [0.1, 0.15) is 105 Å². The molecule has 0 bridgehead atoms. The Bertz CT molecular complexity index is 1390. The smallest absolute Gasteiger partial charge is 0.331 e. The largest absolute Gasteiger partial charge is 0.508 e. The minimum absolute atomic E-state index is 0.0239.